The molecule has 2 rings (SSSR count). The molecule has 0 aliphatic heterocycles. The van der Waals surface area contributed by atoms with E-state index < -0.39 is 11.8 Å². The largest absolute Gasteiger partial charge is 0.492 e. The Kier molecular flexibility index (Phi) is 10.4. The molecule has 2 aromatic rings. The first-order chi connectivity index (χ1) is 15.2. The van der Waals surface area contributed by atoms with E-state index in [1.54, 1.807) is 18.2 Å². The van der Waals surface area contributed by atoms with Crippen molar-refractivity contribution in [3.05, 3.63) is 56.5 Å². The molecule has 0 fully saturated rings. The number of ether oxygens (including phenoxy) is 2. The summed E-state index contributed by atoms with van der Waals surface area (Å²) in [6.45, 7) is 6.56. The number of benzene rings is 2. The van der Waals surface area contributed by atoms with Gasteiger partial charge in [0, 0.05) is 5.56 Å². The smallest absolute Gasteiger partial charge is 0.276 e. The van der Waals surface area contributed by atoms with Gasteiger partial charge in [-0.1, -0.05) is 26.8 Å². The molecule has 0 aromatic heterocycles. The van der Waals surface area contributed by atoms with E-state index in [0.717, 1.165) is 16.5 Å². The molecule has 0 saturated heterocycles. The van der Waals surface area contributed by atoms with Gasteiger partial charge in [0.2, 0.25) is 0 Å². The number of carbonyl (C=O) groups is 2. The van der Waals surface area contributed by atoms with E-state index in [2.05, 4.69) is 61.9 Å². The Hall–Kier alpha value is -2.17. The van der Waals surface area contributed by atoms with Crippen molar-refractivity contribution in [1.82, 2.24) is 16.2 Å². The highest BCUT2D eigenvalue weighted by atomic mass is 79.9. The highest BCUT2D eigenvalue weighted by Gasteiger charge is 2.12. The number of halogens is 2. The molecule has 7 nitrogen and oxygen atoms in total. The minimum atomic E-state index is -0.457. The van der Waals surface area contributed by atoms with Crippen LogP contribution >= 0.6 is 44.1 Å². The number of hydrogen-bond donors (Lipinski definition) is 3. The zero-order chi connectivity index (χ0) is 23.7. The van der Waals surface area contributed by atoms with Gasteiger partial charge in [-0.2, -0.15) is 0 Å². The molecule has 10 heteroatoms. The first-order valence-corrected chi connectivity index (χ1v) is 12.0. The van der Waals surface area contributed by atoms with E-state index >= 15 is 0 Å². The Morgan fingerprint density at radius 2 is 1.66 bits per heavy atom. The molecule has 3 N–H and O–H groups in total. The molecule has 2 amide bonds. The summed E-state index contributed by atoms with van der Waals surface area (Å²) >= 11 is 11.9. The minimum absolute atomic E-state index is 0.0479. The van der Waals surface area contributed by atoms with Crippen LogP contribution in [0.25, 0.3) is 0 Å². The maximum atomic E-state index is 12.4. The Balaban J connectivity index is 1.79. The average molecular weight is 587 g/mol. The third kappa shape index (κ3) is 8.07. The van der Waals surface area contributed by atoms with Crippen molar-refractivity contribution in [3.63, 3.8) is 0 Å². The second-order valence-electron chi connectivity index (χ2n) is 7.08. The van der Waals surface area contributed by atoms with Gasteiger partial charge < -0.3 is 9.47 Å². The quantitative estimate of drug-likeness (QED) is 0.303. The Labute approximate surface area is 209 Å². The third-order valence-electron chi connectivity index (χ3n) is 4.18. The second-order valence-corrected chi connectivity index (χ2v) is 9.20. The molecule has 172 valence electrons. The van der Waals surface area contributed by atoms with Crippen LogP contribution in [0.5, 0.6) is 11.5 Å². The fourth-order valence-electron chi connectivity index (χ4n) is 2.48. The molecule has 0 unspecified atom stereocenters. The van der Waals surface area contributed by atoms with E-state index in [1.165, 1.54) is 0 Å². The van der Waals surface area contributed by atoms with Gasteiger partial charge in [0.15, 0.2) is 11.7 Å². The van der Waals surface area contributed by atoms with Crippen LogP contribution in [0, 0.1) is 0 Å². The first-order valence-electron chi connectivity index (χ1n) is 9.96. The average Bonchev–Trinajstić information content (AvgIpc) is 2.75. The van der Waals surface area contributed by atoms with Crippen molar-refractivity contribution in [2.45, 2.75) is 33.1 Å². The fraction of sp³-hybridized carbons (Fsp3) is 0.318. The summed E-state index contributed by atoms with van der Waals surface area (Å²) in [7, 11) is 0. The van der Waals surface area contributed by atoms with Crippen molar-refractivity contribution < 1.29 is 19.1 Å². The molecular formula is C22H25Br2N3O4S. The van der Waals surface area contributed by atoms with E-state index in [4.69, 9.17) is 21.7 Å². The van der Waals surface area contributed by atoms with Crippen LogP contribution < -0.4 is 25.6 Å². The normalized spacial score (nSPS) is 10.4. The van der Waals surface area contributed by atoms with Crippen LogP contribution in [-0.4, -0.2) is 30.1 Å². The second kappa shape index (κ2) is 12.8. The summed E-state index contributed by atoms with van der Waals surface area (Å²) in [5, 5.41) is 2.45. The van der Waals surface area contributed by atoms with Crippen LogP contribution in [0.4, 0.5) is 0 Å². The third-order valence-corrected chi connectivity index (χ3v) is 5.62. The highest BCUT2D eigenvalue weighted by molar-refractivity contribution is 9.10. The zero-order valence-corrected chi connectivity index (χ0v) is 21.9. The Morgan fingerprint density at radius 1 is 1.00 bits per heavy atom. The monoisotopic (exact) mass is 585 g/mol. The van der Waals surface area contributed by atoms with Gasteiger partial charge in [-0.15, -0.1) is 0 Å². The van der Waals surface area contributed by atoms with Crippen LogP contribution in [0.2, 0.25) is 0 Å². The first kappa shape index (κ1) is 26.1. The van der Waals surface area contributed by atoms with Gasteiger partial charge >= 0.3 is 0 Å². The summed E-state index contributed by atoms with van der Waals surface area (Å²) in [4.78, 5) is 24.4. The molecule has 2 aromatic carbocycles. The molecule has 0 bridgehead atoms. The summed E-state index contributed by atoms with van der Waals surface area (Å²) < 4.78 is 12.5. The minimum Gasteiger partial charge on any atom is -0.492 e. The maximum Gasteiger partial charge on any atom is 0.276 e. The van der Waals surface area contributed by atoms with Gasteiger partial charge in [0.05, 0.1) is 15.6 Å². The van der Waals surface area contributed by atoms with Gasteiger partial charge in [-0.25, -0.2) is 0 Å². The van der Waals surface area contributed by atoms with Crippen molar-refractivity contribution >= 4 is 61.0 Å². The molecule has 0 radical (unpaired) electrons. The number of carbonyl (C=O) groups excluding carboxylic acids is 2. The number of rotatable bonds is 8. The lowest BCUT2D eigenvalue weighted by molar-refractivity contribution is -0.123. The summed E-state index contributed by atoms with van der Waals surface area (Å²) in [6, 6.07) is 10.7. The van der Waals surface area contributed by atoms with Crippen molar-refractivity contribution in [2.24, 2.45) is 0 Å². The lowest BCUT2D eigenvalue weighted by Gasteiger charge is -2.13. The SMILES string of the molecule is CCCOc1ccc(C(=O)NC(=S)NNC(=O)COc2ccc(C(C)C)cc2Br)cc1Br. The standard InChI is InChI=1S/C22H25Br2N3O4S/c1-4-9-30-18-8-6-15(11-17(18)24)21(29)25-22(32)27-26-20(28)12-31-19-7-5-14(13(2)3)10-16(19)23/h5-8,10-11,13H,4,9,12H2,1-3H3,(H,26,28)(H2,25,27,29,32). The van der Waals surface area contributed by atoms with Crippen LogP contribution in [0.15, 0.2) is 45.3 Å². The number of amides is 2. The molecule has 32 heavy (non-hydrogen) atoms. The predicted molar refractivity (Wildman–Crippen MR) is 135 cm³/mol. The van der Waals surface area contributed by atoms with Crippen molar-refractivity contribution in [2.75, 3.05) is 13.2 Å². The topological polar surface area (TPSA) is 88.7 Å². The number of thiocarbonyl (C=S) groups is 1. The van der Waals surface area contributed by atoms with E-state index in [-0.39, 0.29) is 11.7 Å². The molecular weight excluding hydrogens is 562 g/mol. The fourth-order valence-corrected chi connectivity index (χ4v) is 3.62. The van der Waals surface area contributed by atoms with Gasteiger partial charge in [-0.05, 0) is 92.3 Å². The Morgan fingerprint density at radius 3 is 2.28 bits per heavy atom. The van der Waals surface area contributed by atoms with Gasteiger partial charge in [0.1, 0.15) is 11.5 Å². The van der Waals surface area contributed by atoms with Gasteiger partial charge in [-0.3, -0.25) is 25.8 Å². The number of hydrazine groups is 1. The van der Waals surface area contributed by atoms with Crippen LogP contribution in [0.1, 0.15) is 49.0 Å². The van der Waals surface area contributed by atoms with E-state index in [9.17, 15) is 9.59 Å². The summed E-state index contributed by atoms with van der Waals surface area (Å²) in [5.74, 6) is 0.711. The van der Waals surface area contributed by atoms with Crippen molar-refractivity contribution in [3.8, 4) is 11.5 Å². The molecule has 0 aliphatic carbocycles. The highest BCUT2D eigenvalue weighted by Crippen LogP contribution is 2.29. The van der Waals surface area contributed by atoms with Gasteiger partial charge in [0.25, 0.3) is 11.8 Å². The summed E-state index contributed by atoms with van der Waals surface area (Å²) in [5.41, 5.74) is 6.41. The van der Waals surface area contributed by atoms with Crippen molar-refractivity contribution in [1.29, 1.82) is 0 Å². The Bertz CT molecular complexity index is 986. The van der Waals surface area contributed by atoms with E-state index in [0.29, 0.717) is 34.1 Å². The molecule has 0 heterocycles. The number of hydrogen-bond acceptors (Lipinski definition) is 5. The molecule has 0 aliphatic rings. The lowest BCUT2D eigenvalue weighted by atomic mass is 10.0. The maximum absolute atomic E-state index is 12.4. The van der Waals surface area contributed by atoms with E-state index in [1.807, 2.05) is 25.1 Å². The molecule has 0 atom stereocenters. The summed E-state index contributed by atoms with van der Waals surface area (Å²) in [6.07, 6.45) is 0.882. The zero-order valence-electron chi connectivity index (χ0n) is 18.0. The van der Waals surface area contributed by atoms with Crippen LogP contribution in [-0.2, 0) is 4.79 Å². The lowest BCUT2D eigenvalue weighted by Crippen LogP contribution is -2.49. The number of nitrogens with one attached hydrogen (secondary N) is 3. The molecule has 0 saturated carbocycles. The molecule has 0 spiro atoms. The predicted octanol–water partition coefficient (Wildman–Crippen LogP) is 4.84. The van der Waals surface area contributed by atoms with Crippen LogP contribution in [0.3, 0.4) is 0 Å².